The number of hydrogen-bond donors (Lipinski definition) is 2. The molecule has 1 amide bonds. The minimum atomic E-state index is -4.61. The van der Waals surface area contributed by atoms with E-state index in [1.807, 2.05) is 27.2 Å². The Morgan fingerprint density at radius 3 is 1.33 bits per heavy atom. The first-order valence-electron chi connectivity index (χ1n) is 26.4. The molecule has 0 bridgehead atoms. The fourth-order valence-electron chi connectivity index (χ4n) is 6.79. The number of phosphoric ester groups is 1. The lowest BCUT2D eigenvalue weighted by Gasteiger charge is -2.29. The van der Waals surface area contributed by atoms with Crippen LogP contribution in [-0.4, -0.2) is 68.5 Å². The summed E-state index contributed by atoms with van der Waals surface area (Å²) in [6.45, 7) is 4.48. The molecule has 0 aromatic carbocycles. The smallest absolute Gasteiger partial charge is 0.268 e. The Balaban J connectivity index is 4.35. The second-order valence-electron chi connectivity index (χ2n) is 18.5. The Hall–Kier alpha value is -3.10. The number of aliphatic hydroxyl groups excluding tert-OH is 1. The Labute approximate surface area is 412 Å². The number of likely N-dealkylation sites (N-methyl/N-ethyl adjacent to an activating group) is 1. The summed E-state index contributed by atoms with van der Waals surface area (Å²) in [7, 11) is 1.22. The van der Waals surface area contributed by atoms with Crippen molar-refractivity contribution in [3.05, 3.63) is 122 Å². The molecule has 0 saturated carbocycles. The van der Waals surface area contributed by atoms with Crippen molar-refractivity contribution in [2.24, 2.45) is 0 Å². The molecule has 2 N–H and O–H groups in total. The van der Waals surface area contributed by atoms with E-state index in [1.165, 1.54) is 64.2 Å². The Morgan fingerprint density at radius 2 is 0.910 bits per heavy atom. The maximum Gasteiger partial charge on any atom is 0.268 e. The normalized spacial score (nSPS) is 15.0. The zero-order valence-electron chi connectivity index (χ0n) is 43.3. The number of phosphoric acid groups is 1. The summed E-state index contributed by atoms with van der Waals surface area (Å²) in [6, 6.07) is -0.913. The van der Waals surface area contributed by atoms with E-state index >= 15 is 0 Å². The molecule has 9 heteroatoms. The minimum Gasteiger partial charge on any atom is -0.756 e. The van der Waals surface area contributed by atoms with Gasteiger partial charge >= 0.3 is 0 Å². The Kier molecular flexibility index (Phi) is 45.7. The van der Waals surface area contributed by atoms with Gasteiger partial charge in [0, 0.05) is 6.42 Å². The molecule has 0 aliphatic rings. The third-order valence-electron chi connectivity index (χ3n) is 10.9. The van der Waals surface area contributed by atoms with Gasteiger partial charge in [-0.05, 0) is 89.9 Å². The lowest BCUT2D eigenvalue weighted by Crippen LogP contribution is -2.45. The van der Waals surface area contributed by atoms with Crippen molar-refractivity contribution in [2.75, 3.05) is 40.9 Å². The van der Waals surface area contributed by atoms with E-state index in [-0.39, 0.29) is 12.5 Å². The van der Waals surface area contributed by atoms with E-state index in [1.54, 1.807) is 6.08 Å². The van der Waals surface area contributed by atoms with Crippen LogP contribution in [0.5, 0.6) is 0 Å². The highest BCUT2D eigenvalue weighted by Gasteiger charge is 2.23. The number of rotatable bonds is 46. The third kappa shape index (κ3) is 50.6. The third-order valence-corrected chi connectivity index (χ3v) is 11.9. The first kappa shape index (κ1) is 63.9. The maximum absolute atomic E-state index is 12.9. The van der Waals surface area contributed by atoms with Crippen LogP contribution in [0.25, 0.3) is 0 Å². The Bertz CT molecular complexity index is 1500. The lowest BCUT2D eigenvalue weighted by molar-refractivity contribution is -0.870. The maximum atomic E-state index is 12.9. The molecule has 8 nitrogen and oxygen atoms in total. The minimum absolute atomic E-state index is 0.0147. The van der Waals surface area contributed by atoms with Gasteiger partial charge in [0.2, 0.25) is 5.91 Å². The first-order chi connectivity index (χ1) is 32.5. The number of aliphatic hydroxyl groups is 1. The van der Waals surface area contributed by atoms with Gasteiger partial charge in [-0.25, -0.2) is 0 Å². The van der Waals surface area contributed by atoms with Crippen LogP contribution in [0.2, 0.25) is 0 Å². The average molecular weight is 951 g/mol. The van der Waals surface area contributed by atoms with Crippen molar-refractivity contribution in [2.45, 2.75) is 199 Å². The molecule has 382 valence electrons. The molecule has 0 saturated heterocycles. The average Bonchev–Trinajstić information content (AvgIpc) is 3.29. The largest absolute Gasteiger partial charge is 0.756 e. The van der Waals surface area contributed by atoms with Crippen molar-refractivity contribution in [3.8, 4) is 0 Å². The van der Waals surface area contributed by atoms with Crippen LogP contribution in [0.15, 0.2) is 122 Å². The van der Waals surface area contributed by atoms with Gasteiger partial charge in [-0.1, -0.05) is 212 Å². The quantitative estimate of drug-likeness (QED) is 0.0272. The SMILES string of the molecule is CC/C=C\C/C=C\C/C=C\C/C=C\C/C=C\C/C=C\C/C=C\C/C=C\C/C=C\CCCCCC(=O)NC(COP(=O)([O-])OCC[N+](C)(C)C)C(O)/C=C/CCCCCCCCCCCCCC. The molecule has 0 heterocycles. The zero-order chi connectivity index (χ0) is 49.2. The monoisotopic (exact) mass is 951 g/mol. The highest BCUT2D eigenvalue weighted by molar-refractivity contribution is 7.45. The van der Waals surface area contributed by atoms with E-state index in [9.17, 15) is 19.4 Å². The number of carbonyl (C=O) groups excluding carboxylic acids is 1. The fourth-order valence-corrected chi connectivity index (χ4v) is 7.51. The van der Waals surface area contributed by atoms with Gasteiger partial charge in [-0.2, -0.15) is 0 Å². The molecule has 0 aromatic heterocycles. The summed E-state index contributed by atoms with van der Waals surface area (Å²) < 4.78 is 23.2. The van der Waals surface area contributed by atoms with E-state index in [2.05, 4.69) is 129 Å². The molecule has 67 heavy (non-hydrogen) atoms. The molecule has 0 aliphatic carbocycles. The summed E-state index contributed by atoms with van der Waals surface area (Å²) in [5.41, 5.74) is 0. The summed E-state index contributed by atoms with van der Waals surface area (Å²) >= 11 is 0. The number of nitrogens with one attached hydrogen (secondary N) is 1. The lowest BCUT2D eigenvalue weighted by atomic mass is 10.0. The van der Waals surface area contributed by atoms with E-state index < -0.39 is 26.6 Å². The Morgan fingerprint density at radius 1 is 0.537 bits per heavy atom. The van der Waals surface area contributed by atoms with Crippen LogP contribution in [0.3, 0.4) is 0 Å². The molecule has 0 radical (unpaired) electrons. The molecule has 3 atom stereocenters. The predicted molar refractivity (Wildman–Crippen MR) is 288 cm³/mol. The first-order valence-corrected chi connectivity index (χ1v) is 27.9. The fraction of sp³-hybridized carbons (Fsp3) is 0.638. The van der Waals surface area contributed by atoms with Gasteiger partial charge in [0.1, 0.15) is 13.2 Å². The van der Waals surface area contributed by atoms with Crippen molar-refractivity contribution >= 4 is 13.7 Å². The number of allylic oxidation sites excluding steroid dienone is 19. The highest BCUT2D eigenvalue weighted by atomic mass is 31.2. The summed E-state index contributed by atoms with van der Waals surface area (Å²) in [5.74, 6) is -0.235. The number of amides is 1. The molecular weight excluding hydrogens is 852 g/mol. The topological polar surface area (TPSA) is 108 Å². The summed E-state index contributed by atoms with van der Waals surface area (Å²) in [6.07, 6.45) is 71.2. The van der Waals surface area contributed by atoms with Crippen molar-refractivity contribution in [3.63, 3.8) is 0 Å². The summed E-state index contributed by atoms with van der Waals surface area (Å²) in [5, 5.41) is 13.8. The van der Waals surface area contributed by atoms with Gasteiger partial charge in [-0.3, -0.25) is 9.36 Å². The molecule has 0 spiro atoms. The molecular formula is C58H99N2O6P. The van der Waals surface area contributed by atoms with E-state index in [0.29, 0.717) is 23.9 Å². The van der Waals surface area contributed by atoms with Gasteiger partial charge in [0.15, 0.2) is 0 Å². The van der Waals surface area contributed by atoms with Crippen LogP contribution in [0, 0.1) is 0 Å². The number of nitrogens with zero attached hydrogens (tertiary/aromatic N) is 1. The van der Waals surface area contributed by atoms with Crippen LogP contribution in [-0.2, 0) is 18.4 Å². The molecule has 3 unspecified atom stereocenters. The van der Waals surface area contributed by atoms with E-state index in [0.717, 1.165) is 96.3 Å². The van der Waals surface area contributed by atoms with Crippen molar-refractivity contribution in [1.82, 2.24) is 5.32 Å². The molecule has 0 rings (SSSR count). The van der Waals surface area contributed by atoms with Gasteiger partial charge in [0.05, 0.1) is 39.9 Å². The van der Waals surface area contributed by atoms with Crippen molar-refractivity contribution in [1.29, 1.82) is 0 Å². The number of unbranched alkanes of at least 4 members (excludes halogenated alkanes) is 15. The van der Waals surface area contributed by atoms with Gasteiger partial charge < -0.3 is 28.8 Å². The molecule has 0 aliphatic heterocycles. The van der Waals surface area contributed by atoms with Crippen LogP contribution in [0.1, 0.15) is 187 Å². The standard InChI is InChI=1S/C58H99N2O6P/c1-6-8-10-12-14-16-18-20-22-23-24-25-26-27-28-29-30-31-32-33-34-35-36-37-38-40-42-44-46-48-50-52-58(62)59-56(55-66-67(63,64)65-54-53-60(3,4)5)57(61)51-49-47-45-43-41-39-21-19-17-15-13-11-9-7-2/h8,10,14,16,20,22,24-25,27-28,30-31,33-34,36-37,40,42,49,51,56-57,61H,6-7,9,11-13,15,17-19,21,23,26,29,32,35,38-39,41,43-48,50,52-55H2,1-5H3,(H-,59,62,63,64)/b10-8-,16-14-,22-20-,25-24-,28-27-,31-30-,34-33-,37-36-,42-40-,51-49+. The number of hydrogen-bond acceptors (Lipinski definition) is 6. The summed E-state index contributed by atoms with van der Waals surface area (Å²) in [4.78, 5) is 25.4. The van der Waals surface area contributed by atoms with Gasteiger partial charge in [-0.15, -0.1) is 0 Å². The zero-order valence-corrected chi connectivity index (χ0v) is 44.2. The highest BCUT2D eigenvalue weighted by Crippen LogP contribution is 2.38. The van der Waals surface area contributed by atoms with Crippen molar-refractivity contribution < 1.29 is 32.9 Å². The van der Waals surface area contributed by atoms with Crippen LogP contribution >= 0.6 is 7.82 Å². The van der Waals surface area contributed by atoms with E-state index in [4.69, 9.17) is 9.05 Å². The molecule has 0 fully saturated rings. The number of carbonyl (C=O) groups is 1. The predicted octanol–water partition coefficient (Wildman–Crippen LogP) is 15.2. The van der Waals surface area contributed by atoms with Crippen LogP contribution in [0.4, 0.5) is 0 Å². The molecule has 0 aromatic rings. The van der Waals surface area contributed by atoms with Crippen LogP contribution < -0.4 is 10.2 Å². The number of quaternary nitrogens is 1. The second-order valence-corrected chi connectivity index (χ2v) is 19.9. The second kappa shape index (κ2) is 47.9. The van der Waals surface area contributed by atoms with Gasteiger partial charge in [0.25, 0.3) is 7.82 Å².